The standard InChI is InChI=1S/C7H5F2IO/c8-5-2-1-4(3-11)7(10)6(5)9/h1-2,11H,3H2. The van der Waals surface area contributed by atoms with E-state index in [-0.39, 0.29) is 10.2 Å². The highest BCUT2D eigenvalue weighted by atomic mass is 127. The lowest BCUT2D eigenvalue weighted by atomic mass is 10.2. The fourth-order valence-electron chi connectivity index (χ4n) is 0.688. The van der Waals surface area contributed by atoms with Crippen LogP contribution < -0.4 is 0 Å². The molecule has 1 nitrogen and oxygen atoms in total. The summed E-state index contributed by atoms with van der Waals surface area (Å²) >= 11 is 1.66. The van der Waals surface area contributed by atoms with Gasteiger partial charge >= 0.3 is 0 Å². The highest BCUT2D eigenvalue weighted by molar-refractivity contribution is 14.1. The van der Waals surface area contributed by atoms with Gasteiger partial charge in [-0.05, 0) is 34.2 Å². The fraction of sp³-hybridized carbons (Fsp3) is 0.143. The molecule has 1 rings (SSSR count). The van der Waals surface area contributed by atoms with E-state index in [1.54, 1.807) is 22.6 Å². The first kappa shape index (κ1) is 8.86. The zero-order valence-corrected chi connectivity index (χ0v) is 7.60. The Morgan fingerprint density at radius 2 is 2.00 bits per heavy atom. The zero-order chi connectivity index (χ0) is 8.43. The number of aliphatic hydroxyl groups is 1. The second-order valence-corrected chi connectivity index (χ2v) is 3.07. The van der Waals surface area contributed by atoms with Gasteiger partial charge in [0, 0.05) is 0 Å². The maximum Gasteiger partial charge on any atom is 0.172 e. The minimum atomic E-state index is -0.892. The van der Waals surface area contributed by atoms with Gasteiger partial charge in [0.1, 0.15) is 0 Å². The quantitative estimate of drug-likeness (QED) is 0.611. The molecule has 1 aromatic rings. The molecule has 4 heteroatoms. The van der Waals surface area contributed by atoms with Crippen LogP contribution in [0.15, 0.2) is 12.1 Å². The van der Waals surface area contributed by atoms with E-state index in [4.69, 9.17) is 5.11 Å². The third-order valence-electron chi connectivity index (χ3n) is 1.29. The predicted molar refractivity (Wildman–Crippen MR) is 45.0 cm³/mol. The Labute approximate surface area is 76.2 Å². The molecule has 0 amide bonds. The Morgan fingerprint density at radius 3 is 2.55 bits per heavy atom. The van der Waals surface area contributed by atoms with Gasteiger partial charge in [0.25, 0.3) is 0 Å². The molecule has 0 saturated heterocycles. The van der Waals surface area contributed by atoms with Gasteiger partial charge in [-0.1, -0.05) is 6.07 Å². The molecule has 0 spiro atoms. The van der Waals surface area contributed by atoms with Gasteiger partial charge in [-0.15, -0.1) is 0 Å². The molecule has 0 aliphatic rings. The Balaban J connectivity index is 3.25. The van der Waals surface area contributed by atoms with E-state index in [0.29, 0.717) is 5.56 Å². The van der Waals surface area contributed by atoms with Gasteiger partial charge in [0.15, 0.2) is 11.6 Å². The summed E-state index contributed by atoms with van der Waals surface area (Å²) in [6, 6.07) is 2.36. The van der Waals surface area contributed by atoms with Crippen LogP contribution in [0.25, 0.3) is 0 Å². The summed E-state index contributed by atoms with van der Waals surface area (Å²) in [5, 5.41) is 8.64. The summed E-state index contributed by atoms with van der Waals surface area (Å²) in [7, 11) is 0. The molecule has 0 radical (unpaired) electrons. The first-order valence-electron chi connectivity index (χ1n) is 2.90. The fourth-order valence-corrected chi connectivity index (χ4v) is 1.30. The summed E-state index contributed by atoms with van der Waals surface area (Å²) in [4.78, 5) is 0. The lowest BCUT2D eigenvalue weighted by Gasteiger charge is -2.01. The van der Waals surface area contributed by atoms with E-state index >= 15 is 0 Å². The van der Waals surface area contributed by atoms with Crippen LogP contribution >= 0.6 is 22.6 Å². The normalized spacial score (nSPS) is 10.2. The van der Waals surface area contributed by atoms with E-state index in [9.17, 15) is 8.78 Å². The molecule has 0 fully saturated rings. The molecule has 0 atom stereocenters. The number of halogens is 3. The average molecular weight is 270 g/mol. The first-order chi connectivity index (χ1) is 5.16. The van der Waals surface area contributed by atoms with Crippen LogP contribution in [0.3, 0.4) is 0 Å². The minimum absolute atomic E-state index is 0.144. The molecule has 60 valence electrons. The zero-order valence-electron chi connectivity index (χ0n) is 5.44. The Morgan fingerprint density at radius 1 is 1.36 bits per heavy atom. The van der Waals surface area contributed by atoms with E-state index in [1.165, 1.54) is 6.07 Å². The van der Waals surface area contributed by atoms with Crippen LogP contribution in [0, 0.1) is 15.2 Å². The van der Waals surface area contributed by atoms with Crippen molar-refractivity contribution in [3.8, 4) is 0 Å². The van der Waals surface area contributed by atoms with Crippen molar-refractivity contribution in [1.82, 2.24) is 0 Å². The monoisotopic (exact) mass is 270 g/mol. The summed E-state index contributed by atoms with van der Waals surface area (Å²) in [5.74, 6) is -1.77. The molecular formula is C7H5F2IO. The van der Waals surface area contributed by atoms with Crippen LogP contribution in [-0.4, -0.2) is 5.11 Å². The number of rotatable bonds is 1. The first-order valence-corrected chi connectivity index (χ1v) is 3.98. The van der Waals surface area contributed by atoms with Crippen molar-refractivity contribution in [2.75, 3.05) is 0 Å². The highest BCUT2D eigenvalue weighted by Gasteiger charge is 2.09. The maximum absolute atomic E-state index is 12.7. The van der Waals surface area contributed by atoms with Crippen LogP contribution in [-0.2, 0) is 6.61 Å². The maximum atomic E-state index is 12.7. The second kappa shape index (κ2) is 3.44. The Hall–Kier alpha value is -0.230. The van der Waals surface area contributed by atoms with Crippen molar-refractivity contribution >= 4 is 22.6 Å². The summed E-state index contributed by atoms with van der Waals surface area (Å²) in [6.45, 7) is -0.268. The van der Waals surface area contributed by atoms with Crippen molar-refractivity contribution in [3.05, 3.63) is 32.9 Å². The lowest BCUT2D eigenvalue weighted by molar-refractivity contribution is 0.279. The van der Waals surface area contributed by atoms with Crippen molar-refractivity contribution in [3.63, 3.8) is 0 Å². The highest BCUT2D eigenvalue weighted by Crippen LogP contribution is 2.18. The molecule has 0 aromatic heterocycles. The third-order valence-corrected chi connectivity index (χ3v) is 2.45. The van der Waals surface area contributed by atoms with E-state index in [1.807, 2.05) is 0 Å². The molecule has 0 bridgehead atoms. The van der Waals surface area contributed by atoms with Gasteiger partial charge in [-0.25, -0.2) is 8.78 Å². The number of hydrogen-bond acceptors (Lipinski definition) is 1. The van der Waals surface area contributed by atoms with Gasteiger partial charge in [0.2, 0.25) is 0 Å². The summed E-state index contributed by atoms with van der Waals surface area (Å²) in [6.07, 6.45) is 0. The van der Waals surface area contributed by atoms with Crippen molar-refractivity contribution in [2.24, 2.45) is 0 Å². The van der Waals surface area contributed by atoms with Crippen LogP contribution in [0.2, 0.25) is 0 Å². The van der Waals surface area contributed by atoms with Crippen LogP contribution in [0.5, 0.6) is 0 Å². The molecule has 1 N–H and O–H groups in total. The van der Waals surface area contributed by atoms with Crippen molar-refractivity contribution < 1.29 is 13.9 Å². The largest absolute Gasteiger partial charge is 0.392 e. The van der Waals surface area contributed by atoms with E-state index in [0.717, 1.165) is 6.07 Å². The molecule has 0 saturated carbocycles. The lowest BCUT2D eigenvalue weighted by Crippen LogP contribution is -1.95. The number of aliphatic hydroxyl groups excluding tert-OH is 1. The topological polar surface area (TPSA) is 20.2 Å². The SMILES string of the molecule is OCc1ccc(F)c(F)c1I. The molecule has 0 heterocycles. The predicted octanol–water partition coefficient (Wildman–Crippen LogP) is 2.06. The molecule has 0 aliphatic heterocycles. The second-order valence-electron chi connectivity index (χ2n) is 1.99. The Bertz CT molecular complexity index is 275. The average Bonchev–Trinajstić information content (AvgIpc) is 2.01. The third kappa shape index (κ3) is 1.67. The van der Waals surface area contributed by atoms with Crippen molar-refractivity contribution in [1.29, 1.82) is 0 Å². The number of benzene rings is 1. The minimum Gasteiger partial charge on any atom is -0.392 e. The van der Waals surface area contributed by atoms with E-state index < -0.39 is 11.6 Å². The van der Waals surface area contributed by atoms with Gasteiger partial charge in [-0.2, -0.15) is 0 Å². The molecular weight excluding hydrogens is 265 g/mol. The summed E-state index contributed by atoms with van der Waals surface area (Å²) < 4.78 is 25.3. The van der Waals surface area contributed by atoms with Gasteiger partial charge < -0.3 is 5.11 Å². The smallest absolute Gasteiger partial charge is 0.172 e. The van der Waals surface area contributed by atoms with Gasteiger partial charge in [-0.3, -0.25) is 0 Å². The van der Waals surface area contributed by atoms with Crippen LogP contribution in [0.1, 0.15) is 5.56 Å². The van der Waals surface area contributed by atoms with Gasteiger partial charge in [0.05, 0.1) is 10.2 Å². The molecule has 11 heavy (non-hydrogen) atoms. The van der Waals surface area contributed by atoms with Crippen LogP contribution in [0.4, 0.5) is 8.78 Å². The van der Waals surface area contributed by atoms with E-state index in [2.05, 4.69) is 0 Å². The Kier molecular flexibility index (Phi) is 2.78. The molecule has 0 unspecified atom stereocenters. The number of hydrogen-bond donors (Lipinski definition) is 1. The molecule has 0 aliphatic carbocycles. The summed E-state index contributed by atoms with van der Waals surface area (Å²) in [5.41, 5.74) is 0.407. The molecule has 1 aromatic carbocycles. The van der Waals surface area contributed by atoms with Crippen molar-refractivity contribution in [2.45, 2.75) is 6.61 Å².